The lowest BCUT2D eigenvalue weighted by Crippen LogP contribution is -2.40. The molecule has 0 radical (unpaired) electrons. The topological polar surface area (TPSA) is 128 Å². The maximum Gasteiger partial charge on any atom is 0.271 e. The van der Waals surface area contributed by atoms with Crippen molar-refractivity contribution >= 4 is 27.3 Å². The van der Waals surface area contributed by atoms with Gasteiger partial charge in [0.05, 0.1) is 15.5 Å². The summed E-state index contributed by atoms with van der Waals surface area (Å²) in [4.78, 5) is 22.0. The van der Waals surface area contributed by atoms with Gasteiger partial charge in [-0.05, 0) is 51.1 Å². The summed E-state index contributed by atoms with van der Waals surface area (Å²) >= 11 is 0. The number of amides is 1. The summed E-state index contributed by atoms with van der Waals surface area (Å²) in [5.41, 5.74) is -0.147. The molecule has 1 amide bonds. The van der Waals surface area contributed by atoms with Crippen molar-refractivity contribution in [2.45, 2.75) is 37.8 Å². The molecule has 2 aromatic carbocycles. The van der Waals surface area contributed by atoms with Gasteiger partial charge in [0.2, 0.25) is 0 Å². The second kappa shape index (κ2) is 8.70. The fourth-order valence-electron chi connectivity index (χ4n) is 2.25. The average molecular weight is 407 g/mol. The molecule has 9 nitrogen and oxygen atoms in total. The van der Waals surface area contributed by atoms with E-state index in [-0.39, 0.29) is 28.2 Å². The average Bonchev–Trinajstić information content (AvgIpc) is 2.61. The molecule has 2 N–H and O–H groups in total. The summed E-state index contributed by atoms with van der Waals surface area (Å²) in [5, 5.41) is 13.5. The van der Waals surface area contributed by atoms with E-state index in [0.717, 1.165) is 6.07 Å². The molecule has 0 heterocycles. The molecule has 0 aliphatic heterocycles. The maximum atomic E-state index is 12.5. The number of ether oxygens (including phenoxy) is 1. The van der Waals surface area contributed by atoms with Crippen LogP contribution < -0.4 is 14.8 Å². The minimum Gasteiger partial charge on any atom is -0.481 e. The fraction of sp³-hybridized carbons (Fsp3) is 0.278. The van der Waals surface area contributed by atoms with E-state index in [1.54, 1.807) is 6.92 Å². The van der Waals surface area contributed by atoms with E-state index < -0.39 is 21.1 Å². The number of nitrogens with zero attached hydrogens (tertiary/aromatic N) is 1. The van der Waals surface area contributed by atoms with Gasteiger partial charge < -0.3 is 10.1 Å². The SMILES string of the molecule is CC(C)NC(=O)[C@@H](C)Oc1ccc(S(=O)(=O)Nc2cccc([N+](=O)[O-])c2)cc1. The van der Waals surface area contributed by atoms with Crippen LogP contribution in [0.4, 0.5) is 11.4 Å². The lowest BCUT2D eigenvalue weighted by Gasteiger charge is -2.16. The standard InChI is InChI=1S/C18H21N3O6S/c1-12(2)19-18(22)13(3)27-16-7-9-17(10-8-16)28(25,26)20-14-5-4-6-15(11-14)21(23)24/h4-13,20H,1-3H3,(H,19,22)/t13-/m1/s1. The van der Waals surface area contributed by atoms with E-state index >= 15 is 0 Å². The number of rotatable bonds is 8. The van der Waals surface area contributed by atoms with Crippen LogP contribution in [0.25, 0.3) is 0 Å². The summed E-state index contributed by atoms with van der Waals surface area (Å²) < 4.78 is 32.7. The first-order valence-electron chi connectivity index (χ1n) is 8.43. The van der Waals surface area contributed by atoms with Crippen LogP contribution >= 0.6 is 0 Å². The predicted octanol–water partition coefficient (Wildman–Crippen LogP) is 2.69. The molecule has 0 aliphatic rings. The Kier molecular flexibility index (Phi) is 6.57. The summed E-state index contributed by atoms with van der Waals surface area (Å²) in [6.45, 7) is 5.25. The van der Waals surface area contributed by atoms with Crippen LogP contribution in [0.2, 0.25) is 0 Å². The Morgan fingerprint density at radius 1 is 1.11 bits per heavy atom. The minimum absolute atomic E-state index is 0.0223. The van der Waals surface area contributed by atoms with Crippen molar-refractivity contribution in [1.82, 2.24) is 5.32 Å². The molecule has 0 saturated carbocycles. The van der Waals surface area contributed by atoms with Gasteiger partial charge in [0.15, 0.2) is 6.10 Å². The first kappa shape index (κ1) is 21.2. The molecule has 0 aromatic heterocycles. The van der Waals surface area contributed by atoms with Crippen LogP contribution in [0.3, 0.4) is 0 Å². The number of anilines is 1. The second-order valence-corrected chi connectivity index (χ2v) is 7.99. The Morgan fingerprint density at radius 2 is 1.75 bits per heavy atom. The van der Waals surface area contributed by atoms with E-state index in [9.17, 15) is 23.3 Å². The van der Waals surface area contributed by atoms with Crippen LogP contribution in [0.15, 0.2) is 53.4 Å². The monoisotopic (exact) mass is 407 g/mol. The third kappa shape index (κ3) is 5.68. The number of carbonyl (C=O) groups is 1. The van der Waals surface area contributed by atoms with Crippen LogP contribution in [-0.4, -0.2) is 31.4 Å². The molecule has 0 unspecified atom stereocenters. The molecule has 150 valence electrons. The number of sulfonamides is 1. The Balaban J connectivity index is 2.10. The molecule has 28 heavy (non-hydrogen) atoms. The van der Waals surface area contributed by atoms with Crippen molar-refractivity contribution in [2.75, 3.05) is 4.72 Å². The Bertz CT molecular complexity index is 958. The smallest absolute Gasteiger partial charge is 0.271 e. The van der Waals surface area contributed by atoms with Gasteiger partial charge in [-0.2, -0.15) is 0 Å². The highest BCUT2D eigenvalue weighted by atomic mass is 32.2. The van der Waals surface area contributed by atoms with Crippen molar-refractivity contribution in [3.63, 3.8) is 0 Å². The van der Waals surface area contributed by atoms with E-state index in [2.05, 4.69) is 10.0 Å². The normalized spacial score (nSPS) is 12.3. The second-order valence-electron chi connectivity index (χ2n) is 6.31. The van der Waals surface area contributed by atoms with Gasteiger partial charge in [0, 0.05) is 18.2 Å². The van der Waals surface area contributed by atoms with E-state index in [4.69, 9.17) is 4.74 Å². The van der Waals surface area contributed by atoms with Gasteiger partial charge in [-0.25, -0.2) is 8.42 Å². The lowest BCUT2D eigenvalue weighted by atomic mass is 10.3. The van der Waals surface area contributed by atoms with Crippen molar-refractivity contribution in [2.24, 2.45) is 0 Å². The van der Waals surface area contributed by atoms with Gasteiger partial charge >= 0.3 is 0 Å². The maximum absolute atomic E-state index is 12.5. The van der Waals surface area contributed by atoms with E-state index in [1.807, 2.05) is 13.8 Å². The molecular weight excluding hydrogens is 386 g/mol. The zero-order valence-electron chi connectivity index (χ0n) is 15.6. The van der Waals surface area contributed by atoms with Gasteiger partial charge in [0.25, 0.3) is 21.6 Å². The third-order valence-electron chi connectivity index (χ3n) is 3.56. The number of nitro benzene ring substituents is 1. The molecule has 1 atom stereocenters. The highest BCUT2D eigenvalue weighted by Crippen LogP contribution is 2.22. The van der Waals surface area contributed by atoms with Crippen molar-refractivity contribution < 1.29 is 22.9 Å². The van der Waals surface area contributed by atoms with E-state index in [1.165, 1.54) is 42.5 Å². The van der Waals surface area contributed by atoms with Gasteiger partial charge in [-0.1, -0.05) is 6.07 Å². The summed E-state index contributed by atoms with van der Waals surface area (Å²) in [6, 6.07) is 10.7. The largest absolute Gasteiger partial charge is 0.481 e. The molecule has 2 rings (SSSR count). The van der Waals surface area contributed by atoms with Gasteiger partial charge in [0.1, 0.15) is 5.75 Å². The van der Waals surface area contributed by atoms with Crippen LogP contribution in [0.1, 0.15) is 20.8 Å². The lowest BCUT2D eigenvalue weighted by molar-refractivity contribution is -0.384. The highest BCUT2D eigenvalue weighted by Gasteiger charge is 2.18. The molecule has 0 aliphatic carbocycles. The third-order valence-corrected chi connectivity index (χ3v) is 4.95. The number of hydrogen-bond acceptors (Lipinski definition) is 6. The fourth-order valence-corrected chi connectivity index (χ4v) is 3.30. The zero-order chi connectivity index (χ0) is 20.9. The molecule has 10 heteroatoms. The van der Waals surface area contributed by atoms with Crippen molar-refractivity contribution in [1.29, 1.82) is 0 Å². The quantitative estimate of drug-likeness (QED) is 0.511. The van der Waals surface area contributed by atoms with Crippen molar-refractivity contribution in [3.05, 3.63) is 58.6 Å². The Morgan fingerprint density at radius 3 is 2.32 bits per heavy atom. The number of non-ortho nitro benzene ring substituents is 1. The summed E-state index contributed by atoms with van der Waals surface area (Å²) in [5.74, 6) is 0.0553. The Hall–Kier alpha value is -3.14. The first-order valence-corrected chi connectivity index (χ1v) is 9.91. The van der Waals surface area contributed by atoms with Crippen LogP contribution in [0.5, 0.6) is 5.75 Å². The van der Waals surface area contributed by atoms with E-state index in [0.29, 0.717) is 5.75 Å². The number of nitro groups is 1. The number of benzene rings is 2. The molecule has 0 fully saturated rings. The molecule has 0 bridgehead atoms. The molecular formula is C18H21N3O6S. The van der Waals surface area contributed by atoms with Crippen molar-refractivity contribution in [3.8, 4) is 5.75 Å². The predicted molar refractivity (Wildman–Crippen MR) is 104 cm³/mol. The van der Waals surface area contributed by atoms with Crippen LogP contribution in [-0.2, 0) is 14.8 Å². The first-order chi connectivity index (χ1) is 13.1. The number of hydrogen-bond donors (Lipinski definition) is 2. The number of nitrogens with one attached hydrogen (secondary N) is 2. The van der Waals surface area contributed by atoms with Crippen LogP contribution in [0, 0.1) is 10.1 Å². The summed E-state index contributed by atoms with van der Waals surface area (Å²) in [6.07, 6.45) is -0.743. The van der Waals surface area contributed by atoms with Gasteiger partial charge in [-0.3, -0.25) is 19.6 Å². The van der Waals surface area contributed by atoms with Gasteiger partial charge in [-0.15, -0.1) is 0 Å². The highest BCUT2D eigenvalue weighted by molar-refractivity contribution is 7.92. The zero-order valence-corrected chi connectivity index (χ0v) is 16.4. The molecule has 0 spiro atoms. The molecule has 0 saturated heterocycles. The Labute approximate surface area is 162 Å². The minimum atomic E-state index is -3.94. The molecule has 2 aromatic rings. The summed E-state index contributed by atoms with van der Waals surface area (Å²) in [7, 11) is -3.94. The number of carbonyl (C=O) groups excluding carboxylic acids is 1.